The zero-order valence-electron chi connectivity index (χ0n) is 19.2. The van der Waals surface area contributed by atoms with Crippen LogP contribution in [0.1, 0.15) is 24.5 Å². The number of aromatic nitrogens is 2. The van der Waals surface area contributed by atoms with E-state index in [2.05, 4.69) is 53.7 Å². The van der Waals surface area contributed by atoms with Crippen LogP contribution in [0, 0.1) is 13.8 Å². The van der Waals surface area contributed by atoms with E-state index in [0.29, 0.717) is 13.0 Å². The van der Waals surface area contributed by atoms with Crippen molar-refractivity contribution in [2.75, 3.05) is 23.8 Å². The summed E-state index contributed by atoms with van der Waals surface area (Å²) in [5, 5.41) is 0.738. The Morgan fingerprint density at radius 1 is 1.15 bits per heavy atom. The van der Waals surface area contributed by atoms with Gasteiger partial charge >= 0.3 is 0 Å². The smallest absolute Gasteiger partial charge is 0.233 e. The fourth-order valence-electron chi connectivity index (χ4n) is 4.45. The van der Waals surface area contributed by atoms with Crippen LogP contribution < -0.4 is 0 Å². The van der Waals surface area contributed by atoms with Crippen molar-refractivity contribution in [3.8, 4) is 16.9 Å². The molecular formula is C25H29N3O3S2. The number of hydrogen-bond acceptors (Lipinski definition) is 5. The fraction of sp³-hybridized carbons (Fsp3) is 0.360. The Balaban J connectivity index is 1.63. The maximum Gasteiger partial charge on any atom is 0.233 e. The number of carbonyl (C=O) groups is 1. The number of imidazole rings is 1. The minimum Gasteiger partial charge on any atom is -0.338 e. The zero-order valence-corrected chi connectivity index (χ0v) is 20.8. The lowest BCUT2D eigenvalue weighted by atomic mass is 10.1. The van der Waals surface area contributed by atoms with Gasteiger partial charge < -0.3 is 4.90 Å². The summed E-state index contributed by atoms with van der Waals surface area (Å²) in [6.07, 6.45) is 2.36. The summed E-state index contributed by atoms with van der Waals surface area (Å²) in [6.45, 7) is 6.54. The molecule has 174 valence electrons. The number of hydrogen-bond donors (Lipinski definition) is 0. The van der Waals surface area contributed by atoms with Crippen molar-refractivity contribution < 1.29 is 13.2 Å². The molecule has 1 atom stereocenters. The van der Waals surface area contributed by atoms with E-state index >= 15 is 0 Å². The molecule has 0 unspecified atom stereocenters. The maximum atomic E-state index is 13.1. The summed E-state index contributed by atoms with van der Waals surface area (Å²) in [7, 11) is -3.05. The molecule has 0 spiro atoms. The molecule has 4 rings (SSSR count). The van der Waals surface area contributed by atoms with Gasteiger partial charge in [0.15, 0.2) is 15.0 Å². The summed E-state index contributed by atoms with van der Waals surface area (Å²) >= 11 is 1.39. The highest BCUT2D eigenvalue weighted by Gasteiger charge is 2.34. The molecular weight excluding hydrogens is 454 g/mol. The van der Waals surface area contributed by atoms with Gasteiger partial charge in [-0.2, -0.15) is 0 Å². The molecule has 1 saturated heterocycles. The van der Waals surface area contributed by atoms with E-state index in [-0.39, 0.29) is 29.2 Å². The topological polar surface area (TPSA) is 72.3 Å². The Morgan fingerprint density at radius 2 is 1.85 bits per heavy atom. The van der Waals surface area contributed by atoms with Gasteiger partial charge in [-0.1, -0.05) is 48.2 Å². The van der Waals surface area contributed by atoms with Crippen LogP contribution in [0.15, 0.2) is 59.9 Å². The van der Waals surface area contributed by atoms with Crippen molar-refractivity contribution in [2.45, 2.75) is 38.4 Å². The Labute approximate surface area is 199 Å². The molecule has 33 heavy (non-hydrogen) atoms. The molecule has 1 aromatic heterocycles. The molecule has 2 heterocycles. The van der Waals surface area contributed by atoms with Crippen LogP contribution in [0.25, 0.3) is 16.9 Å². The number of thioether (sulfide) groups is 1. The minimum atomic E-state index is -3.05. The molecule has 0 radical (unpaired) electrons. The highest BCUT2D eigenvalue weighted by molar-refractivity contribution is 7.99. The van der Waals surface area contributed by atoms with Gasteiger partial charge in [0.05, 0.1) is 29.1 Å². The third kappa shape index (κ3) is 5.33. The van der Waals surface area contributed by atoms with E-state index in [9.17, 15) is 13.2 Å². The van der Waals surface area contributed by atoms with Gasteiger partial charge in [0.25, 0.3) is 0 Å². The Morgan fingerprint density at radius 3 is 2.45 bits per heavy atom. The van der Waals surface area contributed by atoms with Crippen LogP contribution in [0.4, 0.5) is 0 Å². The monoisotopic (exact) mass is 483 g/mol. The SMILES string of the molecule is CCN(C(=O)CSc1ncc(-c2ccccc2)n1-c1cc(C)cc(C)c1)[C@H]1CCS(=O)(=O)C1. The number of aryl methyl sites for hydroxylation is 2. The second-order valence-corrected chi connectivity index (χ2v) is 11.7. The maximum absolute atomic E-state index is 13.1. The van der Waals surface area contributed by atoms with Crippen molar-refractivity contribution in [3.05, 3.63) is 65.9 Å². The molecule has 1 aliphatic heterocycles. The zero-order chi connectivity index (χ0) is 23.6. The molecule has 0 bridgehead atoms. The van der Waals surface area contributed by atoms with Crippen molar-refractivity contribution in [1.82, 2.24) is 14.5 Å². The summed E-state index contributed by atoms with van der Waals surface area (Å²) < 4.78 is 25.9. The predicted molar refractivity (Wildman–Crippen MR) is 134 cm³/mol. The lowest BCUT2D eigenvalue weighted by molar-refractivity contribution is -0.129. The normalized spacial score (nSPS) is 17.2. The second kappa shape index (κ2) is 9.73. The Hall–Kier alpha value is -2.58. The van der Waals surface area contributed by atoms with Crippen LogP contribution in [-0.2, 0) is 14.6 Å². The fourth-order valence-corrected chi connectivity index (χ4v) is 7.06. The van der Waals surface area contributed by atoms with Crippen LogP contribution in [0.5, 0.6) is 0 Å². The number of amides is 1. The van der Waals surface area contributed by atoms with Crippen LogP contribution >= 0.6 is 11.8 Å². The molecule has 0 aliphatic carbocycles. The second-order valence-electron chi connectivity index (χ2n) is 8.50. The van der Waals surface area contributed by atoms with E-state index in [1.54, 1.807) is 4.90 Å². The van der Waals surface area contributed by atoms with E-state index in [1.807, 2.05) is 31.3 Å². The number of rotatable bonds is 7. The van der Waals surface area contributed by atoms with Gasteiger partial charge in [0, 0.05) is 23.8 Å². The molecule has 0 saturated carbocycles. The molecule has 1 amide bonds. The average molecular weight is 484 g/mol. The lowest BCUT2D eigenvalue weighted by Crippen LogP contribution is -2.42. The van der Waals surface area contributed by atoms with E-state index in [0.717, 1.165) is 33.2 Å². The number of benzene rings is 2. The van der Waals surface area contributed by atoms with Crippen molar-refractivity contribution in [1.29, 1.82) is 0 Å². The Bertz CT molecular complexity index is 1230. The average Bonchev–Trinajstić information content (AvgIpc) is 3.35. The van der Waals surface area contributed by atoms with Gasteiger partial charge in [-0.3, -0.25) is 9.36 Å². The molecule has 1 aliphatic rings. The van der Waals surface area contributed by atoms with Crippen molar-refractivity contribution in [2.24, 2.45) is 0 Å². The first kappa shape index (κ1) is 23.6. The highest BCUT2D eigenvalue weighted by Crippen LogP contribution is 2.31. The van der Waals surface area contributed by atoms with E-state index < -0.39 is 9.84 Å². The number of carbonyl (C=O) groups excluding carboxylic acids is 1. The molecule has 2 aromatic carbocycles. The third-order valence-corrected chi connectivity index (χ3v) is 8.59. The number of nitrogens with zero attached hydrogens (tertiary/aromatic N) is 3. The standard InChI is InChI=1S/C25H29N3O3S2/c1-4-27(21-10-11-33(30,31)17-21)24(29)16-32-25-26-15-23(20-8-6-5-7-9-20)28(25)22-13-18(2)12-19(3)14-22/h5-9,12-15,21H,4,10-11,16-17H2,1-3H3/t21-/m0/s1. The first-order valence-corrected chi connectivity index (χ1v) is 13.9. The lowest BCUT2D eigenvalue weighted by Gasteiger charge is -2.26. The van der Waals surface area contributed by atoms with Gasteiger partial charge in [0.2, 0.25) is 5.91 Å². The molecule has 8 heteroatoms. The first-order valence-electron chi connectivity index (χ1n) is 11.1. The van der Waals surface area contributed by atoms with Crippen LogP contribution in [-0.4, -0.2) is 58.6 Å². The summed E-state index contributed by atoms with van der Waals surface area (Å²) in [5.74, 6) is 0.375. The van der Waals surface area contributed by atoms with Crippen molar-refractivity contribution in [3.63, 3.8) is 0 Å². The Kier molecular flexibility index (Phi) is 6.95. The van der Waals surface area contributed by atoms with Crippen LogP contribution in [0.3, 0.4) is 0 Å². The molecule has 0 N–H and O–H groups in total. The summed E-state index contributed by atoms with van der Waals surface area (Å²) in [6, 6.07) is 16.2. The number of sulfone groups is 1. The highest BCUT2D eigenvalue weighted by atomic mass is 32.2. The van der Waals surface area contributed by atoms with E-state index in [4.69, 9.17) is 0 Å². The van der Waals surface area contributed by atoms with E-state index in [1.165, 1.54) is 11.8 Å². The summed E-state index contributed by atoms with van der Waals surface area (Å²) in [4.78, 5) is 19.4. The van der Waals surface area contributed by atoms with Gasteiger partial charge in [-0.15, -0.1) is 0 Å². The molecule has 3 aromatic rings. The molecule has 1 fully saturated rings. The van der Waals surface area contributed by atoms with Gasteiger partial charge in [-0.05, 0) is 50.5 Å². The minimum absolute atomic E-state index is 0.0548. The first-order chi connectivity index (χ1) is 15.8. The largest absolute Gasteiger partial charge is 0.338 e. The quantitative estimate of drug-likeness (QED) is 0.469. The van der Waals surface area contributed by atoms with Crippen LogP contribution in [0.2, 0.25) is 0 Å². The summed E-state index contributed by atoms with van der Waals surface area (Å²) in [5.41, 5.74) is 5.33. The third-order valence-electron chi connectivity index (χ3n) is 5.90. The van der Waals surface area contributed by atoms with Crippen molar-refractivity contribution >= 4 is 27.5 Å². The predicted octanol–water partition coefficient (Wildman–Crippen LogP) is 4.28. The molecule has 6 nitrogen and oxygen atoms in total. The van der Waals surface area contributed by atoms with Gasteiger partial charge in [-0.25, -0.2) is 13.4 Å². The van der Waals surface area contributed by atoms with Gasteiger partial charge in [0.1, 0.15) is 0 Å².